The lowest BCUT2D eigenvalue weighted by Gasteiger charge is -2.29. The molecule has 1 aromatic rings. The van der Waals surface area contributed by atoms with E-state index in [1.54, 1.807) is 19.9 Å². The van der Waals surface area contributed by atoms with E-state index >= 15 is 0 Å². The summed E-state index contributed by atoms with van der Waals surface area (Å²) in [5, 5.41) is -0.418. The Bertz CT molecular complexity index is 551. The van der Waals surface area contributed by atoms with E-state index in [0.29, 0.717) is 22.6 Å². The topological polar surface area (TPSA) is 46.6 Å². The molecular formula is C13H18BrNO3S. The Kier molecular flexibility index (Phi) is 4.53. The molecule has 4 nitrogen and oxygen atoms in total. The number of halogens is 1. The summed E-state index contributed by atoms with van der Waals surface area (Å²) in [6.07, 6.45) is 0. The Balaban J connectivity index is 2.32. The molecule has 0 spiro atoms. The normalized spacial score (nSPS) is 16.9. The molecule has 0 saturated carbocycles. The third kappa shape index (κ3) is 3.12. The van der Waals surface area contributed by atoms with E-state index in [1.165, 1.54) is 0 Å². The smallest absolute Gasteiger partial charge is 0.181 e. The van der Waals surface area contributed by atoms with Crippen LogP contribution in [0.25, 0.3) is 0 Å². The van der Waals surface area contributed by atoms with E-state index in [0.717, 1.165) is 18.8 Å². The zero-order valence-corrected chi connectivity index (χ0v) is 13.5. The van der Waals surface area contributed by atoms with Crippen molar-refractivity contribution in [3.63, 3.8) is 0 Å². The molecule has 0 N–H and O–H groups in total. The van der Waals surface area contributed by atoms with E-state index in [2.05, 4.69) is 20.8 Å². The number of hydrogen-bond donors (Lipinski definition) is 0. The minimum atomic E-state index is -3.25. The highest BCUT2D eigenvalue weighted by Gasteiger charge is 2.23. The molecule has 0 unspecified atom stereocenters. The highest BCUT2D eigenvalue weighted by molar-refractivity contribution is 9.10. The maximum Gasteiger partial charge on any atom is 0.181 e. The number of morpholine rings is 1. The SMILES string of the molecule is CC(C)S(=O)(=O)c1ccc(N2CCOCC2)cc1Br. The van der Waals surface area contributed by atoms with Crippen molar-refractivity contribution >= 4 is 31.5 Å². The molecular weight excluding hydrogens is 330 g/mol. The maximum atomic E-state index is 12.2. The predicted octanol–water partition coefficient (Wildman–Crippen LogP) is 2.47. The number of hydrogen-bond acceptors (Lipinski definition) is 4. The molecule has 0 radical (unpaired) electrons. The van der Waals surface area contributed by atoms with Gasteiger partial charge in [-0.3, -0.25) is 0 Å². The molecule has 1 fully saturated rings. The molecule has 1 aliphatic rings. The van der Waals surface area contributed by atoms with Crippen LogP contribution in [0.3, 0.4) is 0 Å². The van der Waals surface area contributed by atoms with Gasteiger partial charge in [0.25, 0.3) is 0 Å². The van der Waals surface area contributed by atoms with E-state index in [9.17, 15) is 8.42 Å². The third-order valence-corrected chi connectivity index (χ3v) is 6.35. The molecule has 0 aromatic heterocycles. The van der Waals surface area contributed by atoms with Crippen LogP contribution >= 0.6 is 15.9 Å². The lowest BCUT2D eigenvalue weighted by molar-refractivity contribution is 0.122. The van der Waals surface area contributed by atoms with E-state index in [4.69, 9.17) is 4.74 Å². The van der Waals surface area contributed by atoms with Gasteiger partial charge >= 0.3 is 0 Å². The quantitative estimate of drug-likeness (QED) is 0.842. The average Bonchev–Trinajstić information content (AvgIpc) is 2.39. The van der Waals surface area contributed by atoms with Crippen molar-refractivity contribution in [2.24, 2.45) is 0 Å². The van der Waals surface area contributed by atoms with Gasteiger partial charge in [0.1, 0.15) is 0 Å². The summed E-state index contributed by atoms with van der Waals surface area (Å²) in [6, 6.07) is 5.43. The van der Waals surface area contributed by atoms with Crippen LogP contribution in [0.15, 0.2) is 27.6 Å². The minimum absolute atomic E-state index is 0.361. The van der Waals surface area contributed by atoms with Crippen molar-refractivity contribution in [3.05, 3.63) is 22.7 Å². The van der Waals surface area contributed by atoms with Crippen LogP contribution in [0.1, 0.15) is 13.8 Å². The van der Waals surface area contributed by atoms with Crippen LogP contribution in [0.4, 0.5) is 5.69 Å². The summed E-state index contributed by atoms with van der Waals surface area (Å²) in [5.74, 6) is 0. The molecule has 0 atom stereocenters. The fraction of sp³-hybridized carbons (Fsp3) is 0.538. The average molecular weight is 348 g/mol. The fourth-order valence-electron chi connectivity index (χ4n) is 1.99. The zero-order chi connectivity index (χ0) is 14.0. The lowest BCUT2D eigenvalue weighted by atomic mass is 10.2. The van der Waals surface area contributed by atoms with Crippen LogP contribution in [-0.4, -0.2) is 40.0 Å². The number of sulfone groups is 1. The summed E-state index contributed by atoms with van der Waals surface area (Å²) in [4.78, 5) is 2.56. The van der Waals surface area contributed by atoms with Gasteiger partial charge in [0.05, 0.1) is 23.4 Å². The minimum Gasteiger partial charge on any atom is -0.378 e. The van der Waals surface area contributed by atoms with E-state index < -0.39 is 15.1 Å². The Labute approximate surface area is 122 Å². The Morgan fingerprint density at radius 3 is 2.42 bits per heavy atom. The standard InChI is InChI=1S/C13H18BrNO3S/c1-10(2)19(16,17)13-4-3-11(9-12(13)14)15-5-7-18-8-6-15/h3-4,9-10H,5-8H2,1-2H3. The molecule has 1 saturated heterocycles. The highest BCUT2D eigenvalue weighted by atomic mass is 79.9. The molecule has 1 aliphatic heterocycles. The Hall–Kier alpha value is -0.590. The van der Waals surface area contributed by atoms with Crippen LogP contribution in [0, 0.1) is 0 Å². The van der Waals surface area contributed by atoms with E-state index in [-0.39, 0.29) is 0 Å². The van der Waals surface area contributed by atoms with Gasteiger partial charge < -0.3 is 9.64 Å². The zero-order valence-electron chi connectivity index (χ0n) is 11.1. The molecule has 2 rings (SSSR count). The van der Waals surface area contributed by atoms with Crippen LogP contribution in [0.2, 0.25) is 0 Å². The van der Waals surface area contributed by atoms with Crippen LogP contribution in [0.5, 0.6) is 0 Å². The summed E-state index contributed by atoms with van der Waals surface area (Å²) >= 11 is 3.38. The Morgan fingerprint density at radius 2 is 1.89 bits per heavy atom. The van der Waals surface area contributed by atoms with Gasteiger partial charge in [0.15, 0.2) is 9.84 Å². The Morgan fingerprint density at radius 1 is 1.26 bits per heavy atom. The van der Waals surface area contributed by atoms with E-state index in [1.807, 2.05) is 12.1 Å². The number of benzene rings is 1. The van der Waals surface area contributed by atoms with Crippen molar-refractivity contribution < 1.29 is 13.2 Å². The summed E-state index contributed by atoms with van der Waals surface area (Å²) in [7, 11) is -3.25. The second-order valence-electron chi connectivity index (χ2n) is 4.81. The number of rotatable bonds is 3. The first-order valence-electron chi connectivity index (χ1n) is 6.29. The molecule has 1 aromatic carbocycles. The van der Waals surface area contributed by atoms with Gasteiger partial charge in [0, 0.05) is 23.2 Å². The van der Waals surface area contributed by atoms with Crippen molar-refractivity contribution in [2.45, 2.75) is 24.0 Å². The van der Waals surface area contributed by atoms with Crippen molar-refractivity contribution in [2.75, 3.05) is 31.2 Å². The van der Waals surface area contributed by atoms with Crippen molar-refractivity contribution in [1.29, 1.82) is 0 Å². The highest BCUT2D eigenvalue weighted by Crippen LogP contribution is 2.30. The first-order valence-corrected chi connectivity index (χ1v) is 8.63. The molecule has 0 amide bonds. The van der Waals surface area contributed by atoms with Crippen LogP contribution in [-0.2, 0) is 14.6 Å². The summed E-state index contributed by atoms with van der Waals surface area (Å²) in [6.45, 7) is 6.48. The number of nitrogens with zero attached hydrogens (tertiary/aromatic N) is 1. The molecule has 0 bridgehead atoms. The maximum absolute atomic E-state index is 12.2. The largest absolute Gasteiger partial charge is 0.378 e. The second kappa shape index (κ2) is 5.81. The molecule has 0 aliphatic carbocycles. The first-order chi connectivity index (χ1) is 8.93. The predicted molar refractivity (Wildman–Crippen MR) is 79.5 cm³/mol. The van der Waals surface area contributed by atoms with Gasteiger partial charge in [-0.2, -0.15) is 0 Å². The van der Waals surface area contributed by atoms with Gasteiger partial charge in [-0.15, -0.1) is 0 Å². The number of anilines is 1. The molecule has 6 heteroatoms. The molecule has 19 heavy (non-hydrogen) atoms. The summed E-state index contributed by atoms with van der Waals surface area (Å²) in [5.41, 5.74) is 1.03. The first kappa shape index (κ1) is 14.8. The van der Waals surface area contributed by atoms with Crippen molar-refractivity contribution in [1.82, 2.24) is 0 Å². The van der Waals surface area contributed by atoms with Crippen LogP contribution < -0.4 is 4.90 Å². The summed E-state index contributed by atoms with van der Waals surface area (Å²) < 4.78 is 30.3. The van der Waals surface area contributed by atoms with Gasteiger partial charge in [-0.1, -0.05) is 0 Å². The molecule has 106 valence electrons. The second-order valence-corrected chi connectivity index (χ2v) is 8.13. The van der Waals surface area contributed by atoms with Gasteiger partial charge in [-0.25, -0.2) is 8.42 Å². The lowest BCUT2D eigenvalue weighted by Crippen LogP contribution is -2.36. The third-order valence-electron chi connectivity index (χ3n) is 3.22. The van der Waals surface area contributed by atoms with Crippen molar-refractivity contribution in [3.8, 4) is 0 Å². The fourth-order valence-corrected chi connectivity index (χ4v) is 4.13. The van der Waals surface area contributed by atoms with Gasteiger partial charge in [-0.05, 0) is 48.0 Å². The number of ether oxygens (including phenoxy) is 1. The molecule has 1 heterocycles. The monoisotopic (exact) mass is 347 g/mol. The van der Waals surface area contributed by atoms with Gasteiger partial charge in [0.2, 0.25) is 0 Å².